The maximum atomic E-state index is 10.9. The smallest absolute Gasteiger partial charge is 0.272 e. The Bertz CT molecular complexity index is 402. The van der Waals surface area contributed by atoms with Crippen molar-refractivity contribution in [3.8, 4) is 0 Å². The number of hydrogen-bond donors (Lipinski definition) is 1. The van der Waals surface area contributed by atoms with Crippen LogP contribution in [0.3, 0.4) is 0 Å². The van der Waals surface area contributed by atoms with Crippen LogP contribution in [0.2, 0.25) is 0 Å². The first-order valence-electron chi connectivity index (χ1n) is 6.18. The Kier molecular flexibility index (Phi) is 3.74. The quantitative estimate of drug-likeness (QED) is 0.608. The van der Waals surface area contributed by atoms with E-state index in [4.69, 9.17) is 0 Å². The molecule has 0 saturated heterocycles. The molecule has 0 spiro atoms. The Hall–Kier alpha value is -1.42. The second-order valence-corrected chi connectivity index (χ2v) is 4.59. The van der Waals surface area contributed by atoms with Crippen molar-refractivity contribution in [3.63, 3.8) is 0 Å². The highest BCUT2D eigenvalue weighted by molar-refractivity contribution is 5.40. The van der Waals surface area contributed by atoms with Gasteiger partial charge in [-0.25, -0.2) is 0 Å². The first-order valence-corrected chi connectivity index (χ1v) is 6.18. The van der Waals surface area contributed by atoms with Crippen LogP contribution in [0, 0.1) is 16.0 Å². The molecule has 1 aliphatic carbocycles. The molecule has 0 aromatic heterocycles. The third-order valence-corrected chi connectivity index (χ3v) is 3.29. The zero-order chi connectivity index (χ0) is 12.3. The van der Waals surface area contributed by atoms with Gasteiger partial charge in [0.2, 0.25) is 0 Å². The molecule has 2 rings (SSSR count). The third kappa shape index (κ3) is 3.03. The minimum atomic E-state index is -0.286. The second kappa shape index (κ2) is 5.27. The minimum Gasteiger partial charge on any atom is -0.314 e. The summed E-state index contributed by atoms with van der Waals surface area (Å²) in [5.41, 5.74) is 1.09. The average Bonchev–Trinajstić information content (AvgIpc) is 3.13. The molecule has 1 saturated carbocycles. The summed E-state index contributed by atoms with van der Waals surface area (Å²) in [7, 11) is 0. The summed E-state index contributed by atoms with van der Waals surface area (Å²) in [6, 6.07) is 7.44. The van der Waals surface area contributed by atoms with Gasteiger partial charge in [-0.3, -0.25) is 10.1 Å². The summed E-state index contributed by atoms with van der Waals surface area (Å²) in [6.45, 7) is 3.00. The Labute approximate surface area is 101 Å². The lowest BCUT2D eigenvalue weighted by Crippen LogP contribution is -2.33. The molecule has 0 bridgehead atoms. The predicted molar refractivity (Wildman–Crippen MR) is 67.0 cm³/mol. The van der Waals surface area contributed by atoms with Crippen LogP contribution >= 0.6 is 0 Å². The third-order valence-electron chi connectivity index (χ3n) is 3.29. The van der Waals surface area contributed by atoms with Crippen molar-refractivity contribution in [3.05, 3.63) is 39.9 Å². The van der Waals surface area contributed by atoms with E-state index in [1.165, 1.54) is 12.8 Å². The summed E-state index contributed by atoms with van der Waals surface area (Å²) < 4.78 is 0. The molecule has 92 valence electrons. The molecule has 0 heterocycles. The highest BCUT2D eigenvalue weighted by Crippen LogP contribution is 2.35. The fourth-order valence-corrected chi connectivity index (χ4v) is 2.26. The number of nitrogens with zero attached hydrogens (tertiary/aromatic N) is 1. The van der Waals surface area contributed by atoms with Gasteiger partial charge in [0.1, 0.15) is 0 Å². The minimum absolute atomic E-state index is 0.246. The van der Waals surface area contributed by atoms with Gasteiger partial charge < -0.3 is 5.32 Å². The van der Waals surface area contributed by atoms with Crippen LogP contribution in [-0.4, -0.2) is 17.5 Å². The highest BCUT2D eigenvalue weighted by Gasteiger charge is 2.31. The number of nitro benzene ring substituents is 1. The van der Waals surface area contributed by atoms with Crippen molar-refractivity contribution in [1.29, 1.82) is 0 Å². The molecule has 1 unspecified atom stereocenters. The van der Waals surface area contributed by atoms with Gasteiger partial charge in [0.05, 0.1) is 4.92 Å². The first-order chi connectivity index (χ1) is 8.22. The van der Waals surface area contributed by atoms with Gasteiger partial charge in [-0.05, 0) is 31.7 Å². The molecule has 0 aliphatic heterocycles. The normalized spacial score (nSPS) is 16.8. The lowest BCUT2D eigenvalue weighted by Gasteiger charge is -2.17. The maximum absolute atomic E-state index is 10.9. The molecule has 0 amide bonds. The molecular weight excluding hydrogens is 216 g/mol. The van der Waals surface area contributed by atoms with E-state index in [0.717, 1.165) is 18.5 Å². The molecule has 4 nitrogen and oxygen atoms in total. The van der Waals surface area contributed by atoms with E-state index in [0.29, 0.717) is 12.0 Å². The number of likely N-dealkylation sites (N-methyl/N-ethyl adjacent to an activating group) is 1. The Morgan fingerprint density at radius 3 is 2.76 bits per heavy atom. The van der Waals surface area contributed by atoms with E-state index in [1.807, 2.05) is 12.1 Å². The standard InChI is InChI=1S/C13H18N2O2/c1-2-14-12(10-7-8-10)9-11-5-3-4-6-13(11)15(16)17/h3-6,10,12,14H,2,7-9H2,1H3. The zero-order valence-corrected chi connectivity index (χ0v) is 10.1. The molecule has 1 aromatic rings. The van der Waals surface area contributed by atoms with E-state index in [9.17, 15) is 10.1 Å². The molecule has 1 atom stereocenters. The van der Waals surface area contributed by atoms with Crippen molar-refractivity contribution < 1.29 is 4.92 Å². The summed E-state index contributed by atoms with van der Waals surface area (Å²) >= 11 is 0. The topological polar surface area (TPSA) is 55.2 Å². The maximum Gasteiger partial charge on any atom is 0.272 e. The second-order valence-electron chi connectivity index (χ2n) is 4.59. The summed E-state index contributed by atoms with van der Waals surface area (Å²) in [6.07, 6.45) is 3.26. The number of nitro groups is 1. The average molecular weight is 234 g/mol. The number of nitrogens with one attached hydrogen (secondary N) is 1. The van der Waals surface area contributed by atoms with E-state index in [2.05, 4.69) is 12.2 Å². The summed E-state index contributed by atoms with van der Waals surface area (Å²) in [5, 5.41) is 14.4. The molecule has 4 heteroatoms. The Morgan fingerprint density at radius 2 is 2.18 bits per heavy atom. The lowest BCUT2D eigenvalue weighted by molar-refractivity contribution is -0.385. The molecule has 0 radical (unpaired) electrons. The summed E-state index contributed by atoms with van der Waals surface area (Å²) in [5.74, 6) is 0.703. The number of para-hydroxylation sites is 1. The van der Waals surface area contributed by atoms with Crippen molar-refractivity contribution in [2.75, 3.05) is 6.54 Å². The van der Waals surface area contributed by atoms with Crippen LogP contribution in [0.4, 0.5) is 5.69 Å². The molecule has 1 aromatic carbocycles. The van der Waals surface area contributed by atoms with Gasteiger partial charge in [-0.15, -0.1) is 0 Å². The Balaban J connectivity index is 2.13. The number of benzene rings is 1. The fourth-order valence-electron chi connectivity index (χ4n) is 2.26. The molecule has 17 heavy (non-hydrogen) atoms. The van der Waals surface area contributed by atoms with Crippen LogP contribution < -0.4 is 5.32 Å². The van der Waals surface area contributed by atoms with Gasteiger partial charge >= 0.3 is 0 Å². The van der Waals surface area contributed by atoms with Crippen molar-refractivity contribution in [2.45, 2.75) is 32.2 Å². The number of hydrogen-bond acceptors (Lipinski definition) is 3. The highest BCUT2D eigenvalue weighted by atomic mass is 16.6. The van der Waals surface area contributed by atoms with E-state index in [-0.39, 0.29) is 10.6 Å². The van der Waals surface area contributed by atoms with Crippen LogP contribution in [0.1, 0.15) is 25.3 Å². The van der Waals surface area contributed by atoms with E-state index < -0.39 is 0 Å². The van der Waals surface area contributed by atoms with Gasteiger partial charge in [-0.2, -0.15) is 0 Å². The zero-order valence-electron chi connectivity index (χ0n) is 10.1. The predicted octanol–water partition coefficient (Wildman–Crippen LogP) is 2.53. The van der Waals surface area contributed by atoms with Gasteiger partial charge in [0.15, 0.2) is 0 Å². The van der Waals surface area contributed by atoms with Gasteiger partial charge in [0.25, 0.3) is 5.69 Å². The lowest BCUT2D eigenvalue weighted by atomic mass is 10.0. The van der Waals surface area contributed by atoms with E-state index >= 15 is 0 Å². The van der Waals surface area contributed by atoms with Crippen molar-refractivity contribution in [1.82, 2.24) is 5.32 Å². The molecular formula is C13H18N2O2. The fraction of sp³-hybridized carbons (Fsp3) is 0.538. The summed E-state index contributed by atoms with van der Waals surface area (Å²) in [4.78, 5) is 10.6. The van der Waals surface area contributed by atoms with Gasteiger partial charge in [0, 0.05) is 17.7 Å². The van der Waals surface area contributed by atoms with Crippen LogP contribution in [0.15, 0.2) is 24.3 Å². The Morgan fingerprint density at radius 1 is 1.47 bits per heavy atom. The SMILES string of the molecule is CCNC(Cc1ccccc1[N+](=O)[O-])C1CC1. The molecule has 1 aliphatic rings. The van der Waals surface area contributed by atoms with Crippen molar-refractivity contribution >= 4 is 5.69 Å². The largest absolute Gasteiger partial charge is 0.314 e. The first kappa shape index (κ1) is 12.0. The molecule has 1 N–H and O–H groups in total. The van der Waals surface area contributed by atoms with Crippen LogP contribution in [0.25, 0.3) is 0 Å². The van der Waals surface area contributed by atoms with E-state index in [1.54, 1.807) is 12.1 Å². The monoisotopic (exact) mass is 234 g/mol. The van der Waals surface area contributed by atoms with Crippen LogP contribution in [-0.2, 0) is 6.42 Å². The van der Waals surface area contributed by atoms with Gasteiger partial charge in [-0.1, -0.05) is 25.1 Å². The van der Waals surface area contributed by atoms with Crippen molar-refractivity contribution in [2.24, 2.45) is 5.92 Å². The van der Waals surface area contributed by atoms with Crippen LogP contribution in [0.5, 0.6) is 0 Å². The number of rotatable bonds is 6. The molecule has 1 fully saturated rings.